The van der Waals surface area contributed by atoms with Crippen molar-refractivity contribution < 1.29 is 14.3 Å². The molecule has 0 fully saturated rings. The first-order valence-electron chi connectivity index (χ1n) is 4.55. The molecule has 0 N–H and O–H groups in total. The third-order valence-electron chi connectivity index (χ3n) is 1.93. The molecular formula is C12H12O3. The molecule has 0 heterocycles. The molecule has 15 heavy (non-hydrogen) atoms. The van der Waals surface area contributed by atoms with Crippen molar-refractivity contribution >= 4 is 18.3 Å². The van der Waals surface area contributed by atoms with Crippen LogP contribution in [0.25, 0.3) is 6.08 Å². The number of carbonyl (C=O) groups excluding carboxylic acids is 2. The Labute approximate surface area is 88.4 Å². The van der Waals surface area contributed by atoms with Crippen LogP contribution in [-0.4, -0.2) is 19.4 Å². The highest BCUT2D eigenvalue weighted by Gasteiger charge is 1.97. The van der Waals surface area contributed by atoms with Crippen LogP contribution in [0, 0.1) is 0 Å². The van der Waals surface area contributed by atoms with E-state index in [-0.39, 0.29) is 12.4 Å². The van der Waals surface area contributed by atoms with Gasteiger partial charge >= 0.3 is 5.97 Å². The maximum absolute atomic E-state index is 10.8. The molecule has 0 aromatic heterocycles. The summed E-state index contributed by atoms with van der Waals surface area (Å²) in [6, 6.07) is 7.18. The predicted molar refractivity (Wildman–Crippen MR) is 57.5 cm³/mol. The highest BCUT2D eigenvalue weighted by molar-refractivity contribution is 5.82. The van der Waals surface area contributed by atoms with Gasteiger partial charge in [-0.25, -0.2) is 0 Å². The van der Waals surface area contributed by atoms with E-state index in [0.717, 1.165) is 11.8 Å². The molecule has 1 aromatic carbocycles. The van der Waals surface area contributed by atoms with Crippen molar-refractivity contribution in [2.45, 2.75) is 6.42 Å². The summed E-state index contributed by atoms with van der Waals surface area (Å²) in [4.78, 5) is 21.5. The van der Waals surface area contributed by atoms with E-state index in [9.17, 15) is 9.59 Å². The minimum absolute atomic E-state index is 0.212. The lowest BCUT2D eigenvalue weighted by Crippen LogP contribution is -1.96. The lowest BCUT2D eigenvalue weighted by molar-refractivity contribution is -0.139. The number of carbonyl (C=O) groups is 2. The molecule has 1 aromatic rings. The molecule has 0 saturated carbocycles. The van der Waals surface area contributed by atoms with Gasteiger partial charge < -0.3 is 4.74 Å². The van der Waals surface area contributed by atoms with Gasteiger partial charge in [0.15, 0.2) is 6.29 Å². The van der Waals surface area contributed by atoms with Gasteiger partial charge in [0.2, 0.25) is 0 Å². The minimum Gasteiger partial charge on any atom is -0.469 e. The van der Waals surface area contributed by atoms with Gasteiger partial charge in [0.25, 0.3) is 0 Å². The zero-order valence-corrected chi connectivity index (χ0v) is 8.47. The predicted octanol–water partition coefficient (Wildman–Crippen LogP) is 2.08. The monoisotopic (exact) mass is 204 g/mol. The molecule has 3 heteroatoms. The second-order valence-electron chi connectivity index (χ2n) is 2.93. The number of rotatable bonds is 4. The van der Waals surface area contributed by atoms with Crippen molar-refractivity contribution in [3.8, 4) is 0 Å². The van der Waals surface area contributed by atoms with Gasteiger partial charge in [-0.15, -0.1) is 0 Å². The van der Waals surface area contributed by atoms with Crippen LogP contribution in [-0.2, 0) is 9.53 Å². The van der Waals surface area contributed by atoms with Crippen LogP contribution in [0.2, 0.25) is 0 Å². The maximum atomic E-state index is 10.8. The molecule has 0 aliphatic heterocycles. The van der Waals surface area contributed by atoms with Crippen molar-refractivity contribution in [1.29, 1.82) is 0 Å². The third kappa shape index (κ3) is 3.38. The Morgan fingerprint density at radius 1 is 1.33 bits per heavy atom. The van der Waals surface area contributed by atoms with Crippen LogP contribution in [0.3, 0.4) is 0 Å². The first-order chi connectivity index (χ1) is 7.27. The smallest absolute Gasteiger partial charge is 0.309 e. The summed E-state index contributed by atoms with van der Waals surface area (Å²) in [5, 5.41) is 0. The molecule has 0 aliphatic rings. The Bertz CT molecular complexity index is 380. The van der Waals surface area contributed by atoms with E-state index in [1.165, 1.54) is 7.11 Å². The van der Waals surface area contributed by atoms with E-state index in [0.29, 0.717) is 5.56 Å². The number of esters is 1. The molecule has 0 saturated heterocycles. The first-order valence-corrected chi connectivity index (χ1v) is 4.55. The molecule has 1 rings (SSSR count). The number of hydrogen-bond donors (Lipinski definition) is 0. The van der Waals surface area contributed by atoms with E-state index in [4.69, 9.17) is 0 Å². The fourth-order valence-electron chi connectivity index (χ4n) is 1.14. The van der Waals surface area contributed by atoms with E-state index < -0.39 is 0 Å². The standard InChI is InChI=1S/C12H12O3/c1-15-12(14)8-4-7-10-5-2-3-6-11(10)9-13/h2-7,9H,8H2,1H3. The van der Waals surface area contributed by atoms with E-state index in [1.807, 2.05) is 12.1 Å². The van der Waals surface area contributed by atoms with Crippen molar-refractivity contribution in [2.75, 3.05) is 7.11 Å². The quantitative estimate of drug-likeness (QED) is 0.557. The molecule has 0 atom stereocenters. The van der Waals surface area contributed by atoms with Crippen LogP contribution in [0.4, 0.5) is 0 Å². The summed E-state index contributed by atoms with van der Waals surface area (Å²) in [6.07, 6.45) is 4.41. The molecule has 78 valence electrons. The summed E-state index contributed by atoms with van der Waals surface area (Å²) in [6.45, 7) is 0. The lowest BCUT2D eigenvalue weighted by Gasteiger charge is -1.97. The topological polar surface area (TPSA) is 43.4 Å². The minimum atomic E-state index is -0.296. The Kier molecular flexibility index (Phi) is 4.29. The number of aldehydes is 1. The summed E-state index contributed by atoms with van der Waals surface area (Å²) in [7, 11) is 1.34. The average molecular weight is 204 g/mol. The van der Waals surface area contributed by atoms with Crippen molar-refractivity contribution in [3.05, 3.63) is 41.5 Å². The molecular weight excluding hydrogens is 192 g/mol. The van der Waals surface area contributed by atoms with Crippen LogP contribution in [0.15, 0.2) is 30.3 Å². The summed E-state index contributed by atoms with van der Waals surface area (Å²) >= 11 is 0. The van der Waals surface area contributed by atoms with Gasteiger partial charge in [0.05, 0.1) is 13.5 Å². The van der Waals surface area contributed by atoms with Crippen LogP contribution < -0.4 is 0 Å². The Balaban J connectivity index is 2.71. The van der Waals surface area contributed by atoms with Crippen LogP contribution >= 0.6 is 0 Å². The summed E-state index contributed by atoms with van der Waals surface area (Å²) in [5.74, 6) is -0.296. The van der Waals surface area contributed by atoms with Gasteiger partial charge in [-0.3, -0.25) is 9.59 Å². The maximum Gasteiger partial charge on any atom is 0.309 e. The Morgan fingerprint density at radius 2 is 2.00 bits per heavy atom. The molecule has 0 radical (unpaired) electrons. The normalized spacial score (nSPS) is 10.2. The zero-order valence-electron chi connectivity index (χ0n) is 8.47. The van der Waals surface area contributed by atoms with Crippen molar-refractivity contribution in [1.82, 2.24) is 0 Å². The number of benzene rings is 1. The molecule has 0 unspecified atom stereocenters. The van der Waals surface area contributed by atoms with Gasteiger partial charge in [0, 0.05) is 5.56 Å². The number of ether oxygens (including phenoxy) is 1. The fourth-order valence-corrected chi connectivity index (χ4v) is 1.14. The van der Waals surface area contributed by atoms with Crippen LogP contribution in [0.5, 0.6) is 0 Å². The van der Waals surface area contributed by atoms with E-state index in [1.54, 1.807) is 24.3 Å². The third-order valence-corrected chi connectivity index (χ3v) is 1.93. The highest BCUT2D eigenvalue weighted by atomic mass is 16.5. The largest absolute Gasteiger partial charge is 0.469 e. The summed E-state index contributed by atoms with van der Waals surface area (Å²) in [5.41, 5.74) is 1.41. The molecule has 0 amide bonds. The molecule has 0 bridgehead atoms. The van der Waals surface area contributed by atoms with E-state index >= 15 is 0 Å². The van der Waals surface area contributed by atoms with Gasteiger partial charge in [0.1, 0.15) is 0 Å². The average Bonchev–Trinajstić information content (AvgIpc) is 2.29. The fraction of sp³-hybridized carbons (Fsp3) is 0.167. The first kappa shape index (κ1) is 11.2. The SMILES string of the molecule is COC(=O)CC=Cc1ccccc1C=O. The van der Waals surface area contributed by atoms with Crippen molar-refractivity contribution in [2.24, 2.45) is 0 Å². The van der Waals surface area contributed by atoms with Gasteiger partial charge in [-0.2, -0.15) is 0 Å². The van der Waals surface area contributed by atoms with Crippen LogP contribution in [0.1, 0.15) is 22.3 Å². The highest BCUT2D eigenvalue weighted by Crippen LogP contribution is 2.08. The number of methoxy groups -OCH3 is 1. The van der Waals surface area contributed by atoms with Crippen molar-refractivity contribution in [3.63, 3.8) is 0 Å². The second-order valence-corrected chi connectivity index (χ2v) is 2.93. The lowest BCUT2D eigenvalue weighted by atomic mass is 10.1. The molecule has 0 aliphatic carbocycles. The molecule has 0 spiro atoms. The molecule has 3 nitrogen and oxygen atoms in total. The second kappa shape index (κ2) is 5.75. The Hall–Kier alpha value is -1.90. The zero-order chi connectivity index (χ0) is 11.1. The summed E-state index contributed by atoms with van der Waals surface area (Å²) < 4.78 is 4.48. The van der Waals surface area contributed by atoms with E-state index in [2.05, 4.69) is 4.74 Å². The van der Waals surface area contributed by atoms with Gasteiger partial charge in [-0.05, 0) is 5.56 Å². The Morgan fingerprint density at radius 3 is 2.60 bits per heavy atom. The van der Waals surface area contributed by atoms with Gasteiger partial charge in [-0.1, -0.05) is 36.4 Å². The number of hydrogen-bond acceptors (Lipinski definition) is 3.